The molecule has 1 heterocycles. The SMILES string of the molecule is CC(C)N(C[C@@H](O)c1ccc(Cl)c(Cl)c1)C(=O)Nc1ccc(CNC(=O)[C@H]2CCCN2)cc1. The minimum Gasteiger partial charge on any atom is -0.387 e. The summed E-state index contributed by atoms with van der Waals surface area (Å²) in [7, 11) is 0. The highest BCUT2D eigenvalue weighted by molar-refractivity contribution is 6.42. The lowest BCUT2D eigenvalue weighted by Crippen LogP contribution is -2.42. The molecule has 3 amide bonds. The van der Waals surface area contributed by atoms with Crippen molar-refractivity contribution in [3.05, 3.63) is 63.6 Å². The summed E-state index contributed by atoms with van der Waals surface area (Å²) in [5, 5.41) is 20.4. The zero-order valence-electron chi connectivity index (χ0n) is 18.8. The van der Waals surface area contributed by atoms with E-state index in [1.54, 1.807) is 35.2 Å². The molecule has 0 spiro atoms. The van der Waals surface area contributed by atoms with E-state index in [9.17, 15) is 14.7 Å². The summed E-state index contributed by atoms with van der Waals surface area (Å²) in [6.45, 7) is 5.17. The summed E-state index contributed by atoms with van der Waals surface area (Å²) in [6, 6.07) is 11.7. The van der Waals surface area contributed by atoms with Crippen LogP contribution in [0.4, 0.5) is 10.5 Å². The van der Waals surface area contributed by atoms with E-state index in [-0.39, 0.29) is 30.6 Å². The van der Waals surface area contributed by atoms with Crippen molar-refractivity contribution in [2.24, 2.45) is 0 Å². The van der Waals surface area contributed by atoms with Crippen molar-refractivity contribution in [3.8, 4) is 0 Å². The summed E-state index contributed by atoms with van der Waals surface area (Å²) in [4.78, 5) is 26.6. The Morgan fingerprint density at radius 3 is 2.48 bits per heavy atom. The average Bonchev–Trinajstić information content (AvgIpc) is 3.33. The van der Waals surface area contributed by atoms with Crippen LogP contribution in [-0.2, 0) is 11.3 Å². The molecule has 1 saturated heterocycles. The highest BCUT2D eigenvalue weighted by atomic mass is 35.5. The van der Waals surface area contributed by atoms with E-state index < -0.39 is 6.10 Å². The third kappa shape index (κ3) is 7.08. The van der Waals surface area contributed by atoms with Gasteiger partial charge in [0.1, 0.15) is 0 Å². The van der Waals surface area contributed by atoms with Crippen molar-refractivity contribution >= 4 is 40.8 Å². The second-order valence-corrected chi connectivity index (χ2v) is 9.24. The summed E-state index contributed by atoms with van der Waals surface area (Å²) >= 11 is 12.0. The predicted molar refractivity (Wildman–Crippen MR) is 132 cm³/mol. The van der Waals surface area contributed by atoms with Gasteiger partial charge in [-0.1, -0.05) is 41.4 Å². The summed E-state index contributed by atoms with van der Waals surface area (Å²) in [5.41, 5.74) is 2.15. The van der Waals surface area contributed by atoms with Gasteiger partial charge in [-0.25, -0.2) is 4.79 Å². The number of aliphatic hydroxyl groups excluding tert-OH is 1. The molecule has 0 aliphatic carbocycles. The molecule has 1 aliphatic rings. The fraction of sp³-hybridized carbons (Fsp3) is 0.417. The van der Waals surface area contributed by atoms with Crippen molar-refractivity contribution in [1.82, 2.24) is 15.5 Å². The number of amides is 3. The third-order valence-electron chi connectivity index (χ3n) is 5.63. The van der Waals surface area contributed by atoms with Crippen LogP contribution in [-0.4, -0.2) is 47.1 Å². The van der Waals surface area contributed by atoms with Gasteiger partial charge in [-0.2, -0.15) is 0 Å². The molecular formula is C24H30Cl2N4O3. The van der Waals surface area contributed by atoms with Gasteiger partial charge in [0.25, 0.3) is 0 Å². The highest BCUT2D eigenvalue weighted by Crippen LogP contribution is 2.26. The van der Waals surface area contributed by atoms with Crippen LogP contribution in [0, 0.1) is 0 Å². The van der Waals surface area contributed by atoms with Crippen LogP contribution in [0.5, 0.6) is 0 Å². The number of carbonyl (C=O) groups is 2. The van der Waals surface area contributed by atoms with Crippen molar-refractivity contribution in [2.45, 2.75) is 51.4 Å². The topological polar surface area (TPSA) is 93.7 Å². The fourth-order valence-electron chi connectivity index (χ4n) is 3.66. The summed E-state index contributed by atoms with van der Waals surface area (Å²) in [6.07, 6.45) is 0.973. The lowest BCUT2D eigenvalue weighted by atomic mass is 10.1. The zero-order chi connectivity index (χ0) is 24.0. The van der Waals surface area contributed by atoms with Gasteiger partial charge in [-0.3, -0.25) is 4.79 Å². The Morgan fingerprint density at radius 1 is 1.15 bits per heavy atom. The smallest absolute Gasteiger partial charge is 0.322 e. The summed E-state index contributed by atoms with van der Waals surface area (Å²) in [5.74, 6) is 0.0120. The standard InChI is InChI=1S/C24H30Cl2N4O3/c1-15(2)30(14-22(31)17-7-10-19(25)20(26)12-17)24(33)29-18-8-5-16(6-9-18)13-28-23(32)21-4-3-11-27-21/h5-10,12,15,21-22,27,31H,3-4,11,13-14H2,1-2H3,(H,28,32)(H,29,33)/t21-,22-/m1/s1. The Balaban J connectivity index is 1.55. The minimum atomic E-state index is -0.909. The van der Waals surface area contributed by atoms with Gasteiger partial charge < -0.3 is 26.0 Å². The second kappa shape index (κ2) is 11.7. The largest absolute Gasteiger partial charge is 0.387 e. The maximum atomic E-state index is 12.9. The van der Waals surface area contributed by atoms with Gasteiger partial charge in [0.05, 0.1) is 28.7 Å². The van der Waals surface area contributed by atoms with Gasteiger partial charge in [0, 0.05) is 18.3 Å². The number of urea groups is 1. The van der Waals surface area contributed by atoms with Crippen molar-refractivity contribution in [1.29, 1.82) is 0 Å². The molecule has 0 bridgehead atoms. The molecule has 0 aromatic heterocycles. The second-order valence-electron chi connectivity index (χ2n) is 8.43. The molecule has 2 aromatic carbocycles. The number of rotatable bonds is 8. The first kappa shape index (κ1) is 25.3. The first-order chi connectivity index (χ1) is 15.7. The zero-order valence-corrected chi connectivity index (χ0v) is 20.3. The molecule has 2 atom stereocenters. The Kier molecular flexibility index (Phi) is 8.97. The average molecular weight is 493 g/mol. The predicted octanol–water partition coefficient (Wildman–Crippen LogP) is 4.34. The van der Waals surface area contributed by atoms with Crippen LogP contribution < -0.4 is 16.0 Å². The van der Waals surface area contributed by atoms with Crippen LogP contribution >= 0.6 is 23.2 Å². The van der Waals surface area contributed by atoms with E-state index in [4.69, 9.17) is 23.2 Å². The first-order valence-corrected chi connectivity index (χ1v) is 11.8. The Hall–Kier alpha value is -2.32. The molecule has 0 radical (unpaired) electrons. The fourth-order valence-corrected chi connectivity index (χ4v) is 3.97. The highest BCUT2D eigenvalue weighted by Gasteiger charge is 2.23. The maximum Gasteiger partial charge on any atom is 0.322 e. The molecule has 0 saturated carbocycles. The van der Waals surface area contributed by atoms with E-state index >= 15 is 0 Å². The van der Waals surface area contributed by atoms with Crippen LogP contribution in [0.2, 0.25) is 10.0 Å². The van der Waals surface area contributed by atoms with Crippen LogP contribution in [0.25, 0.3) is 0 Å². The molecule has 3 rings (SSSR count). The maximum absolute atomic E-state index is 12.9. The molecule has 2 aromatic rings. The Labute approximate surface area is 204 Å². The van der Waals surface area contributed by atoms with Crippen molar-refractivity contribution in [3.63, 3.8) is 0 Å². The molecule has 4 N–H and O–H groups in total. The number of benzene rings is 2. The van der Waals surface area contributed by atoms with E-state index in [1.165, 1.54) is 0 Å². The molecule has 33 heavy (non-hydrogen) atoms. The quantitative estimate of drug-likeness (QED) is 0.440. The molecule has 1 fully saturated rings. The number of carbonyl (C=O) groups excluding carboxylic acids is 2. The Morgan fingerprint density at radius 2 is 1.88 bits per heavy atom. The molecule has 178 valence electrons. The number of nitrogens with zero attached hydrogens (tertiary/aromatic N) is 1. The third-order valence-corrected chi connectivity index (χ3v) is 6.37. The van der Waals surface area contributed by atoms with Gasteiger partial charge in [0.15, 0.2) is 0 Å². The van der Waals surface area contributed by atoms with E-state index in [2.05, 4.69) is 16.0 Å². The van der Waals surface area contributed by atoms with Crippen LogP contribution in [0.1, 0.15) is 43.9 Å². The first-order valence-electron chi connectivity index (χ1n) is 11.0. The monoisotopic (exact) mass is 492 g/mol. The normalized spacial score (nSPS) is 16.5. The van der Waals surface area contributed by atoms with Gasteiger partial charge >= 0.3 is 6.03 Å². The number of halogens is 2. The van der Waals surface area contributed by atoms with Crippen LogP contribution in [0.15, 0.2) is 42.5 Å². The lowest BCUT2D eigenvalue weighted by Gasteiger charge is -2.29. The number of hydrogen-bond donors (Lipinski definition) is 4. The van der Waals surface area contributed by atoms with E-state index in [0.717, 1.165) is 24.9 Å². The number of anilines is 1. The van der Waals surface area contributed by atoms with E-state index in [1.807, 2.05) is 26.0 Å². The molecule has 1 aliphatic heterocycles. The van der Waals surface area contributed by atoms with Crippen molar-refractivity contribution < 1.29 is 14.7 Å². The van der Waals surface area contributed by atoms with E-state index in [0.29, 0.717) is 27.8 Å². The van der Waals surface area contributed by atoms with Crippen molar-refractivity contribution in [2.75, 3.05) is 18.4 Å². The van der Waals surface area contributed by atoms with Gasteiger partial charge in [-0.15, -0.1) is 0 Å². The molecule has 9 heteroatoms. The molecular weight excluding hydrogens is 463 g/mol. The Bertz CT molecular complexity index is 963. The van der Waals surface area contributed by atoms with Crippen LogP contribution in [0.3, 0.4) is 0 Å². The molecule has 7 nitrogen and oxygen atoms in total. The lowest BCUT2D eigenvalue weighted by molar-refractivity contribution is -0.122. The number of nitrogens with one attached hydrogen (secondary N) is 3. The van der Waals surface area contributed by atoms with Gasteiger partial charge in [-0.05, 0) is 68.6 Å². The number of aliphatic hydroxyl groups is 1. The molecule has 0 unspecified atom stereocenters. The van der Waals surface area contributed by atoms with Gasteiger partial charge in [0.2, 0.25) is 5.91 Å². The summed E-state index contributed by atoms with van der Waals surface area (Å²) < 4.78 is 0. The number of hydrogen-bond acceptors (Lipinski definition) is 4. The minimum absolute atomic E-state index is 0.0120.